The maximum Gasteiger partial charge on any atom is 0.433 e. The van der Waals surface area contributed by atoms with Crippen molar-refractivity contribution in [1.29, 1.82) is 0 Å². The van der Waals surface area contributed by atoms with Gasteiger partial charge in [0.05, 0.1) is 35.1 Å². The van der Waals surface area contributed by atoms with Gasteiger partial charge in [-0.1, -0.05) is 18.5 Å². The molecule has 0 bridgehead atoms. The minimum atomic E-state index is -4.74. The second-order valence-corrected chi connectivity index (χ2v) is 9.59. The van der Waals surface area contributed by atoms with Gasteiger partial charge in [-0.25, -0.2) is 4.98 Å². The number of aryl methyl sites for hydroxylation is 2. The number of alkyl halides is 3. The highest BCUT2D eigenvalue weighted by Gasteiger charge is 2.35. The zero-order valence-electron chi connectivity index (χ0n) is 19.4. The number of hydrogen-bond acceptors (Lipinski definition) is 6. The van der Waals surface area contributed by atoms with E-state index in [1.807, 2.05) is 6.92 Å². The molecule has 190 valence electrons. The summed E-state index contributed by atoms with van der Waals surface area (Å²) < 4.78 is 44.2. The first-order valence-electron chi connectivity index (χ1n) is 10.8. The van der Waals surface area contributed by atoms with E-state index in [4.69, 9.17) is 17.3 Å². The predicted octanol–water partition coefficient (Wildman–Crippen LogP) is 4.73. The quantitative estimate of drug-likeness (QED) is 0.352. The molecule has 0 aliphatic rings. The second-order valence-electron chi connectivity index (χ2n) is 8.16. The summed E-state index contributed by atoms with van der Waals surface area (Å²) in [6.07, 6.45) is -0.146. The van der Waals surface area contributed by atoms with Gasteiger partial charge in [-0.2, -0.15) is 23.4 Å². The fourth-order valence-corrected chi connectivity index (χ4v) is 4.90. The summed E-state index contributed by atoms with van der Waals surface area (Å²) in [5.41, 5.74) is 5.46. The highest BCUT2D eigenvalue weighted by molar-refractivity contribution is 7.21. The van der Waals surface area contributed by atoms with Crippen molar-refractivity contribution in [1.82, 2.24) is 24.5 Å². The largest absolute Gasteiger partial charge is 0.433 e. The second kappa shape index (κ2) is 9.54. The molecule has 1 atom stereocenters. The fourth-order valence-electron chi connectivity index (χ4n) is 3.74. The molecule has 3 N–H and O–H groups in total. The number of carbonyl (C=O) groups is 2. The van der Waals surface area contributed by atoms with E-state index in [1.165, 1.54) is 10.9 Å². The third-order valence-electron chi connectivity index (χ3n) is 5.50. The lowest BCUT2D eigenvalue weighted by Crippen LogP contribution is -2.25. The number of nitrogens with zero attached hydrogens (tertiary/aromatic N) is 5. The number of carbonyl (C=O) groups excluding carboxylic acids is 2. The van der Waals surface area contributed by atoms with Crippen LogP contribution in [0.25, 0.3) is 21.3 Å². The van der Waals surface area contributed by atoms with Crippen molar-refractivity contribution in [2.45, 2.75) is 40.0 Å². The van der Waals surface area contributed by atoms with Crippen LogP contribution in [0.5, 0.6) is 0 Å². The number of amides is 2. The topological polar surface area (TPSA) is 121 Å². The maximum atomic E-state index is 13.7. The number of pyridine rings is 1. The molecule has 0 spiro atoms. The molecule has 0 saturated carbocycles. The van der Waals surface area contributed by atoms with Crippen molar-refractivity contribution in [3.05, 3.63) is 45.9 Å². The SMILES string of the molecule is CCn1cc(-c2cc(C(F)(F)F)nc3sc(C(N)=O)c(NC(=O)C(C)Cn4cc(Cl)cn4)c23)c(C)n1. The van der Waals surface area contributed by atoms with Gasteiger partial charge in [-0.3, -0.25) is 19.0 Å². The van der Waals surface area contributed by atoms with Gasteiger partial charge in [-0.15, -0.1) is 11.3 Å². The normalized spacial score (nSPS) is 12.8. The van der Waals surface area contributed by atoms with E-state index in [-0.39, 0.29) is 32.9 Å². The molecule has 36 heavy (non-hydrogen) atoms. The Hall–Kier alpha value is -3.45. The molecule has 0 radical (unpaired) electrons. The summed E-state index contributed by atoms with van der Waals surface area (Å²) in [6, 6.07) is 0.897. The lowest BCUT2D eigenvalue weighted by Gasteiger charge is -2.14. The molecule has 0 aliphatic heterocycles. The van der Waals surface area contributed by atoms with Gasteiger partial charge in [0.1, 0.15) is 15.4 Å². The van der Waals surface area contributed by atoms with Gasteiger partial charge in [0, 0.05) is 29.9 Å². The van der Waals surface area contributed by atoms with E-state index in [1.54, 1.807) is 30.9 Å². The summed E-state index contributed by atoms with van der Waals surface area (Å²) in [5, 5.41) is 11.7. The van der Waals surface area contributed by atoms with E-state index < -0.39 is 29.6 Å². The van der Waals surface area contributed by atoms with Crippen molar-refractivity contribution in [2.75, 3.05) is 5.32 Å². The fraction of sp³-hybridized carbons (Fsp3) is 0.318. The molecule has 9 nitrogen and oxygen atoms in total. The van der Waals surface area contributed by atoms with Gasteiger partial charge in [-0.05, 0) is 25.5 Å². The number of halogens is 4. The Morgan fingerprint density at radius 1 is 1.25 bits per heavy atom. The Morgan fingerprint density at radius 2 is 1.97 bits per heavy atom. The smallest absolute Gasteiger partial charge is 0.365 e. The number of anilines is 1. The number of fused-ring (bicyclic) bond motifs is 1. The number of nitrogens with one attached hydrogen (secondary N) is 1. The zero-order valence-corrected chi connectivity index (χ0v) is 20.9. The van der Waals surface area contributed by atoms with Crippen molar-refractivity contribution in [3.63, 3.8) is 0 Å². The first-order valence-corrected chi connectivity index (χ1v) is 12.0. The Kier molecular flexibility index (Phi) is 6.80. The minimum absolute atomic E-state index is 0.0118. The number of aromatic nitrogens is 5. The molecule has 4 rings (SSSR count). The Bertz CT molecular complexity index is 1470. The highest BCUT2D eigenvalue weighted by Crippen LogP contribution is 2.44. The first kappa shape index (κ1) is 25.6. The first-order chi connectivity index (χ1) is 16.9. The van der Waals surface area contributed by atoms with Crippen LogP contribution in [0.2, 0.25) is 5.02 Å². The van der Waals surface area contributed by atoms with Crippen molar-refractivity contribution >= 4 is 50.7 Å². The summed E-state index contributed by atoms with van der Waals surface area (Å²) in [7, 11) is 0. The minimum Gasteiger partial charge on any atom is -0.365 e. The number of primary amides is 1. The van der Waals surface area contributed by atoms with Crippen LogP contribution in [0, 0.1) is 12.8 Å². The van der Waals surface area contributed by atoms with Crippen LogP contribution in [0.15, 0.2) is 24.7 Å². The number of rotatable bonds is 7. The van der Waals surface area contributed by atoms with Crippen LogP contribution in [0.3, 0.4) is 0 Å². The monoisotopic (exact) mass is 539 g/mol. The standard InChI is InChI=1S/C22H21ClF3N7O2S/c1-4-32-9-14(11(3)31-32)13-5-15(22(24,25)26)29-21-16(13)17(18(36-21)19(27)34)30-20(35)10(2)7-33-8-12(23)6-28-33/h5-6,8-10H,4,7H2,1-3H3,(H2,27,34)(H,30,35). The predicted molar refractivity (Wildman–Crippen MR) is 130 cm³/mol. The average Bonchev–Trinajstić information content (AvgIpc) is 3.49. The molecule has 0 aromatic carbocycles. The average molecular weight is 540 g/mol. The zero-order chi connectivity index (χ0) is 26.4. The van der Waals surface area contributed by atoms with Crippen molar-refractivity contribution in [2.24, 2.45) is 11.7 Å². The van der Waals surface area contributed by atoms with Gasteiger partial charge < -0.3 is 11.1 Å². The molecule has 1 unspecified atom stereocenters. The van der Waals surface area contributed by atoms with Crippen LogP contribution in [0.4, 0.5) is 18.9 Å². The van der Waals surface area contributed by atoms with Crippen LogP contribution in [-0.2, 0) is 24.1 Å². The van der Waals surface area contributed by atoms with E-state index in [2.05, 4.69) is 20.5 Å². The highest BCUT2D eigenvalue weighted by atomic mass is 35.5. The van der Waals surface area contributed by atoms with E-state index >= 15 is 0 Å². The van der Waals surface area contributed by atoms with Crippen LogP contribution < -0.4 is 11.1 Å². The summed E-state index contributed by atoms with van der Waals surface area (Å²) >= 11 is 6.57. The third-order valence-corrected chi connectivity index (χ3v) is 6.79. The molecular formula is C22H21ClF3N7O2S. The molecule has 4 aromatic heterocycles. The third kappa shape index (κ3) is 4.93. The Balaban J connectivity index is 1.88. The Labute approximate surface area is 212 Å². The molecule has 0 saturated heterocycles. The molecule has 14 heteroatoms. The molecule has 4 heterocycles. The van der Waals surface area contributed by atoms with Crippen LogP contribution in [0.1, 0.15) is 34.9 Å². The van der Waals surface area contributed by atoms with Gasteiger partial charge in [0.15, 0.2) is 0 Å². The van der Waals surface area contributed by atoms with E-state index in [9.17, 15) is 22.8 Å². The number of hydrogen-bond donors (Lipinski definition) is 2. The summed E-state index contributed by atoms with van der Waals surface area (Å²) in [5.74, 6) is -2.02. The summed E-state index contributed by atoms with van der Waals surface area (Å²) in [4.78, 5) is 28.9. The maximum absolute atomic E-state index is 13.7. The molecule has 0 fully saturated rings. The molecule has 4 aromatic rings. The molecule has 0 aliphatic carbocycles. The summed E-state index contributed by atoms with van der Waals surface area (Å²) in [6.45, 7) is 5.82. The lowest BCUT2D eigenvalue weighted by molar-refractivity contribution is -0.140. The van der Waals surface area contributed by atoms with E-state index in [0.717, 1.165) is 6.07 Å². The number of nitrogens with two attached hydrogens (primary N) is 1. The van der Waals surface area contributed by atoms with Gasteiger partial charge in [0.2, 0.25) is 5.91 Å². The number of thiophene rings is 1. The Morgan fingerprint density at radius 3 is 2.53 bits per heavy atom. The van der Waals surface area contributed by atoms with Gasteiger partial charge >= 0.3 is 6.18 Å². The molecule has 2 amide bonds. The molecular weight excluding hydrogens is 519 g/mol. The van der Waals surface area contributed by atoms with Crippen molar-refractivity contribution < 1.29 is 22.8 Å². The van der Waals surface area contributed by atoms with E-state index in [0.29, 0.717) is 34.2 Å². The lowest BCUT2D eigenvalue weighted by atomic mass is 10.0. The van der Waals surface area contributed by atoms with Crippen molar-refractivity contribution in [3.8, 4) is 11.1 Å². The van der Waals surface area contributed by atoms with Crippen LogP contribution >= 0.6 is 22.9 Å². The van der Waals surface area contributed by atoms with Gasteiger partial charge in [0.25, 0.3) is 5.91 Å². The van der Waals surface area contributed by atoms with Crippen LogP contribution in [-0.4, -0.2) is 36.4 Å².